The quantitative estimate of drug-likeness (QED) is 0.858. The number of aromatic nitrogens is 4. The Kier molecular flexibility index (Phi) is 4.85. The van der Waals surface area contributed by atoms with Crippen LogP contribution in [0.2, 0.25) is 0 Å². The maximum Gasteiger partial charge on any atom is 0.410 e. The third-order valence-corrected chi connectivity index (χ3v) is 3.97. The summed E-state index contributed by atoms with van der Waals surface area (Å²) in [5.74, 6) is 1.33. The molecule has 122 valence electrons. The van der Waals surface area contributed by atoms with Crippen molar-refractivity contribution in [1.29, 1.82) is 0 Å². The maximum atomic E-state index is 12.2. The number of pyridine rings is 1. The average molecular weight is 315 g/mol. The molecule has 0 spiro atoms. The van der Waals surface area contributed by atoms with Crippen LogP contribution in [0.4, 0.5) is 4.79 Å². The second kappa shape index (κ2) is 7.21. The van der Waals surface area contributed by atoms with Gasteiger partial charge in [0.05, 0.1) is 12.6 Å². The predicted molar refractivity (Wildman–Crippen MR) is 84.6 cm³/mol. The summed E-state index contributed by atoms with van der Waals surface area (Å²) in [5.41, 5.74) is 0.901. The number of ether oxygens (including phenoxy) is 1. The summed E-state index contributed by atoms with van der Waals surface area (Å²) in [7, 11) is 0. The Labute approximate surface area is 135 Å². The highest BCUT2D eigenvalue weighted by atomic mass is 16.6. The molecule has 1 fully saturated rings. The average Bonchev–Trinajstić information content (AvgIpc) is 3.25. The summed E-state index contributed by atoms with van der Waals surface area (Å²) in [6.45, 7) is 3.24. The number of carbonyl (C=O) groups is 1. The monoisotopic (exact) mass is 315 g/mol. The number of rotatable bonds is 5. The van der Waals surface area contributed by atoms with Crippen LogP contribution in [0.25, 0.3) is 11.4 Å². The number of nitrogens with zero attached hydrogens (tertiary/aromatic N) is 4. The Morgan fingerprint density at radius 1 is 1.43 bits per heavy atom. The Morgan fingerprint density at radius 2 is 2.26 bits per heavy atom. The molecule has 7 heteroatoms. The zero-order valence-electron chi connectivity index (χ0n) is 13.2. The number of nitrogens with one attached hydrogen (secondary N) is 1. The molecule has 0 aliphatic carbocycles. The first-order valence-corrected chi connectivity index (χ1v) is 8.05. The minimum atomic E-state index is -0.261. The molecule has 3 rings (SSSR count). The topological polar surface area (TPSA) is 84.0 Å². The van der Waals surface area contributed by atoms with Crippen LogP contribution in [0.3, 0.4) is 0 Å². The van der Waals surface area contributed by atoms with E-state index in [4.69, 9.17) is 4.74 Å². The SMILES string of the molecule is CCCCOC(=O)N1CCCC1c1nc(-c2ccncc2)n[nH]1. The lowest BCUT2D eigenvalue weighted by molar-refractivity contribution is 0.0956. The third kappa shape index (κ3) is 3.49. The summed E-state index contributed by atoms with van der Waals surface area (Å²) < 4.78 is 5.33. The highest BCUT2D eigenvalue weighted by Crippen LogP contribution is 2.31. The van der Waals surface area contributed by atoms with Crippen LogP contribution in [0.5, 0.6) is 0 Å². The van der Waals surface area contributed by atoms with Gasteiger partial charge in [-0.2, -0.15) is 5.10 Å². The van der Waals surface area contributed by atoms with Gasteiger partial charge in [-0.3, -0.25) is 15.0 Å². The summed E-state index contributed by atoms with van der Waals surface area (Å²) in [6.07, 6.45) is 6.86. The lowest BCUT2D eigenvalue weighted by Crippen LogP contribution is -2.31. The van der Waals surface area contributed by atoms with Crippen LogP contribution in [-0.2, 0) is 4.74 Å². The van der Waals surface area contributed by atoms with E-state index >= 15 is 0 Å². The van der Waals surface area contributed by atoms with E-state index in [0.29, 0.717) is 24.8 Å². The van der Waals surface area contributed by atoms with Crippen molar-refractivity contribution in [3.8, 4) is 11.4 Å². The number of unbranched alkanes of at least 4 members (excludes halogenated alkanes) is 1. The van der Waals surface area contributed by atoms with Crippen LogP contribution >= 0.6 is 0 Å². The predicted octanol–water partition coefficient (Wildman–Crippen LogP) is 2.94. The second-order valence-electron chi connectivity index (χ2n) is 5.60. The van der Waals surface area contributed by atoms with Crippen molar-refractivity contribution < 1.29 is 9.53 Å². The van der Waals surface area contributed by atoms with Crippen molar-refractivity contribution in [3.05, 3.63) is 30.4 Å². The van der Waals surface area contributed by atoms with E-state index in [-0.39, 0.29) is 12.1 Å². The molecule has 1 saturated heterocycles. The molecule has 7 nitrogen and oxygen atoms in total. The molecule has 1 atom stereocenters. The van der Waals surface area contributed by atoms with Gasteiger partial charge in [0.25, 0.3) is 0 Å². The van der Waals surface area contributed by atoms with E-state index in [9.17, 15) is 4.79 Å². The molecule has 2 aromatic rings. The zero-order chi connectivity index (χ0) is 16.1. The summed E-state index contributed by atoms with van der Waals surface area (Å²) >= 11 is 0. The number of amides is 1. The third-order valence-electron chi connectivity index (χ3n) is 3.97. The number of carbonyl (C=O) groups excluding carboxylic acids is 1. The number of aromatic amines is 1. The molecular weight excluding hydrogens is 294 g/mol. The molecule has 0 bridgehead atoms. The van der Waals surface area contributed by atoms with Crippen molar-refractivity contribution in [2.24, 2.45) is 0 Å². The molecule has 0 radical (unpaired) electrons. The Balaban J connectivity index is 1.71. The molecule has 1 unspecified atom stereocenters. The number of hydrogen-bond donors (Lipinski definition) is 1. The van der Waals surface area contributed by atoms with Gasteiger partial charge in [0.1, 0.15) is 5.82 Å². The number of hydrogen-bond acceptors (Lipinski definition) is 5. The summed E-state index contributed by atoms with van der Waals surface area (Å²) in [4.78, 5) is 22.5. The second-order valence-corrected chi connectivity index (χ2v) is 5.60. The van der Waals surface area contributed by atoms with E-state index in [0.717, 1.165) is 31.2 Å². The van der Waals surface area contributed by atoms with Crippen LogP contribution in [0.15, 0.2) is 24.5 Å². The fourth-order valence-corrected chi connectivity index (χ4v) is 2.71. The van der Waals surface area contributed by atoms with Crippen LogP contribution < -0.4 is 0 Å². The van der Waals surface area contributed by atoms with Crippen LogP contribution in [-0.4, -0.2) is 44.3 Å². The smallest absolute Gasteiger partial charge is 0.410 e. The van der Waals surface area contributed by atoms with Crippen molar-refractivity contribution in [1.82, 2.24) is 25.1 Å². The largest absolute Gasteiger partial charge is 0.449 e. The lowest BCUT2D eigenvalue weighted by Gasteiger charge is -2.22. The van der Waals surface area contributed by atoms with Gasteiger partial charge < -0.3 is 4.74 Å². The molecule has 1 aliphatic heterocycles. The molecule has 1 amide bonds. The van der Waals surface area contributed by atoms with E-state index in [1.54, 1.807) is 17.3 Å². The lowest BCUT2D eigenvalue weighted by atomic mass is 10.2. The fourth-order valence-electron chi connectivity index (χ4n) is 2.71. The van der Waals surface area contributed by atoms with Crippen LogP contribution in [0.1, 0.15) is 44.5 Å². The summed E-state index contributed by atoms with van der Waals surface area (Å²) in [6, 6.07) is 3.63. The normalized spacial score (nSPS) is 17.4. The number of H-pyrrole nitrogens is 1. The maximum absolute atomic E-state index is 12.2. The van der Waals surface area contributed by atoms with Gasteiger partial charge in [-0.15, -0.1) is 0 Å². The molecule has 0 saturated carbocycles. The van der Waals surface area contributed by atoms with Gasteiger partial charge in [-0.1, -0.05) is 13.3 Å². The number of likely N-dealkylation sites (tertiary alicyclic amines) is 1. The van der Waals surface area contributed by atoms with Gasteiger partial charge in [0.2, 0.25) is 0 Å². The van der Waals surface area contributed by atoms with E-state index < -0.39 is 0 Å². The van der Waals surface area contributed by atoms with Crippen molar-refractivity contribution in [2.75, 3.05) is 13.2 Å². The molecule has 1 N–H and O–H groups in total. The molecule has 3 heterocycles. The van der Waals surface area contributed by atoms with E-state index in [1.807, 2.05) is 12.1 Å². The van der Waals surface area contributed by atoms with Gasteiger partial charge in [0.15, 0.2) is 5.82 Å². The zero-order valence-corrected chi connectivity index (χ0v) is 13.2. The Hall–Kier alpha value is -2.44. The molecule has 23 heavy (non-hydrogen) atoms. The first-order chi connectivity index (χ1) is 11.3. The highest BCUT2D eigenvalue weighted by molar-refractivity contribution is 5.68. The van der Waals surface area contributed by atoms with Crippen molar-refractivity contribution in [2.45, 2.75) is 38.6 Å². The summed E-state index contributed by atoms with van der Waals surface area (Å²) in [5, 5.41) is 7.22. The van der Waals surface area contributed by atoms with Gasteiger partial charge in [0, 0.05) is 24.5 Å². The Morgan fingerprint density at radius 3 is 3.04 bits per heavy atom. The van der Waals surface area contributed by atoms with Crippen molar-refractivity contribution in [3.63, 3.8) is 0 Å². The molecular formula is C16H21N5O2. The first kappa shape index (κ1) is 15.5. The molecule has 1 aliphatic rings. The minimum Gasteiger partial charge on any atom is -0.449 e. The highest BCUT2D eigenvalue weighted by Gasteiger charge is 2.33. The fraction of sp³-hybridized carbons (Fsp3) is 0.500. The van der Waals surface area contributed by atoms with E-state index in [1.165, 1.54) is 0 Å². The van der Waals surface area contributed by atoms with Crippen LogP contribution in [0, 0.1) is 0 Å². The molecule has 2 aromatic heterocycles. The minimum absolute atomic E-state index is 0.0905. The molecule has 0 aromatic carbocycles. The van der Waals surface area contributed by atoms with Crippen molar-refractivity contribution >= 4 is 6.09 Å². The first-order valence-electron chi connectivity index (χ1n) is 8.05. The van der Waals surface area contributed by atoms with Gasteiger partial charge in [-0.25, -0.2) is 9.78 Å². The standard InChI is InChI=1S/C16H21N5O2/c1-2-3-11-23-16(22)21-10-4-5-13(21)15-18-14(19-20-15)12-6-8-17-9-7-12/h6-9,13H,2-5,10-11H2,1H3,(H,18,19,20). The van der Waals surface area contributed by atoms with Gasteiger partial charge >= 0.3 is 6.09 Å². The van der Waals surface area contributed by atoms with Gasteiger partial charge in [-0.05, 0) is 31.4 Å². The Bertz CT molecular complexity index is 643. The van der Waals surface area contributed by atoms with E-state index in [2.05, 4.69) is 27.1 Å².